The van der Waals surface area contributed by atoms with Gasteiger partial charge in [-0.25, -0.2) is 0 Å². The molecule has 0 aliphatic carbocycles. The third-order valence-corrected chi connectivity index (χ3v) is 4.76. The maximum Gasteiger partial charge on any atom is 0.0541 e. The number of aryl methyl sites for hydroxylation is 1. The van der Waals surface area contributed by atoms with Crippen LogP contribution < -0.4 is 5.73 Å². The van der Waals surface area contributed by atoms with E-state index in [2.05, 4.69) is 24.0 Å². The Kier molecular flexibility index (Phi) is 5.89. The highest BCUT2D eigenvalue weighted by atomic mass is 35.5. The number of nitrogens with zero attached hydrogens (tertiary/aromatic N) is 1. The van der Waals surface area contributed by atoms with Crippen LogP contribution in [-0.4, -0.2) is 16.8 Å². The number of aromatic nitrogens is 1. The van der Waals surface area contributed by atoms with Crippen LogP contribution in [0.5, 0.6) is 0 Å². The van der Waals surface area contributed by atoms with Crippen molar-refractivity contribution in [2.24, 2.45) is 5.73 Å². The number of halogens is 1. The van der Waals surface area contributed by atoms with Gasteiger partial charge in [0.2, 0.25) is 0 Å². The molecule has 0 spiro atoms. The lowest BCUT2D eigenvalue weighted by molar-refractivity contribution is 0.731. The largest absolute Gasteiger partial charge is 0.327 e. The minimum absolute atomic E-state index is 0.0799. The molecule has 2 aromatic rings. The summed E-state index contributed by atoms with van der Waals surface area (Å²) in [6.45, 7) is 2.13. The molecule has 1 aromatic carbocycles. The Morgan fingerprint density at radius 2 is 2.05 bits per heavy atom. The number of rotatable bonds is 6. The summed E-state index contributed by atoms with van der Waals surface area (Å²) in [6, 6.07) is 12.1. The van der Waals surface area contributed by atoms with Crippen LogP contribution in [0.3, 0.4) is 0 Å². The molecule has 4 heteroatoms. The second kappa shape index (κ2) is 7.67. The normalized spacial score (nSPS) is 12.3. The maximum absolute atomic E-state index is 6.17. The third kappa shape index (κ3) is 4.51. The topological polar surface area (TPSA) is 38.9 Å². The molecule has 2 N–H and O–H groups in total. The van der Waals surface area contributed by atoms with Crippen LogP contribution in [0, 0.1) is 0 Å². The number of benzene rings is 1. The predicted octanol–water partition coefficient (Wildman–Crippen LogP) is 3.96. The van der Waals surface area contributed by atoms with Crippen molar-refractivity contribution < 1.29 is 0 Å². The Hall–Kier alpha value is -1.03. The molecule has 0 aliphatic rings. The zero-order valence-corrected chi connectivity index (χ0v) is 13.1. The first kappa shape index (κ1) is 15.4. The Bertz CT molecular complexity index is 542. The summed E-state index contributed by atoms with van der Waals surface area (Å²) in [5.41, 5.74) is 8.48. The zero-order valence-electron chi connectivity index (χ0n) is 11.6. The third-order valence-electron chi connectivity index (χ3n) is 3.06. The van der Waals surface area contributed by atoms with E-state index in [0.717, 1.165) is 34.2 Å². The highest BCUT2D eigenvalue weighted by Gasteiger charge is 2.08. The van der Waals surface area contributed by atoms with Crippen LogP contribution in [0.2, 0.25) is 5.02 Å². The van der Waals surface area contributed by atoms with Gasteiger partial charge in [0.15, 0.2) is 0 Å². The fourth-order valence-electron chi connectivity index (χ4n) is 1.87. The van der Waals surface area contributed by atoms with Gasteiger partial charge < -0.3 is 5.73 Å². The second-order valence-electron chi connectivity index (χ2n) is 4.72. The van der Waals surface area contributed by atoms with Gasteiger partial charge >= 0.3 is 0 Å². The maximum atomic E-state index is 6.17. The monoisotopic (exact) mass is 306 g/mol. The summed E-state index contributed by atoms with van der Waals surface area (Å²) < 4.78 is 0. The predicted molar refractivity (Wildman–Crippen MR) is 87.5 cm³/mol. The first-order chi connectivity index (χ1) is 9.69. The quantitative estimate of drug-likeness (QED) is 0.821. The Labute approximate surface area is 129 Å². The first-order valence-corrected chi connectivity index (χ1v) is 8.12. The van der Waals surface area contributed by atoms with Gasteiger partial charge in [-0.2, -0.15) is 0 Å². The van der Waals surface area contributed by atoms with Crippen LogP contribution >= 0.6 is 23.4 Å². The average molecular weight is 307 g/mol. The van der Waals surface area contributed by atoms with E-state index < -0.39 is 0 Å². The molecule has 1 aromatic heterocycles. The molecule has 0 radical (unpaired) electrons. The summed E-state index contributed by atoms with van der Waals surface area (Å²) in [6.07, 6.45) is 3.74. The van der Waals surface area contributed by atoms with Crippen LogP contribution in [0.4, 0.5) is 0 Å². The first-order valence-electron chi connectivity index (χ1n) is 6.75. The Balaban J connectivity index is 1.86. The van der Waals surface area contributed by atoms with Crippen LogP contribution in [-0.2, 0) is 12.8 Å². The van der Waals surface area contributed by atoms with E-state index in [4.69, 9.17) is 17.3 Å². The van der Waals surface area contributed by atoms with E-state index in [1.165, 1.54) is 5.56 Å². The molecule has 1 unspecified atom stereocenters. The molecule has 0 saturated carbocycles. The lowest BCUT2D eigenvalue weighted by Gasteiger charge is -2.11. The summed E-state index contributed by atoms with van der Waals surface area (Å²) >= 11 is 7.82. The molecular formula is C16H19ClN2S. The van der Waals surface area contributed by atoms with E-state index >= 15 is 0 Å². The van der Waals surface area contributed by atoms with Gasteiger partial charge in [0.1, 0.15) is 0 Å². The molecule has 20 heavy (non-hydrogen) atoms. The summed E-state index contributed by atoms with van der Waals surface area (Å²) in [5, 5.41) is 0.787. The van der Waals surface area contributed by atoms with Crippen molar-refractivity contribution in [2.75, 3.05) is 5.75 Å². The molecule has 1 atom stereocenters. The number of pyridine rings is 1. The van der Waals surface area contributed by atoms with Crippen molar-refractivity contribution in [3.05, 3.63) is 58.9 Å². The molecule has 0 saturated heterocycles. The van der Waals surface area contributed by atoms with Crippen molar-refractivity contribution in [3.8, 4) is 0 Å². The molecule has 2 rings (SSSR count). The highest BCUT2D eigenvalue weighted by molar-refractivity contribution is 7.99. The van der Waals surface area contributed by atoms with Crippen molar-refractivity contribution in [2.45, 2.75) is 30.7 Å². The highest BCUT2D eigenvalue weighted by Crippen LogP contribution is 2.27. The van der Waals surface area contributed by atoms with E-state index in [0.29, 0.717) is 0 Å². The van der Waals surface area contributed by atoms with Crippen molar-refractivity contribution in [3.63, 3.8) is 0 Å². The average Bonchev–Trinajstić information content (AvgIpc) is 2.47. The second-order valence-corrected chi connectivity index (χ2v) is 6.19. The fourth-order valence-corrected chi connectivity index (χ4v) is 3.06. The van der Waals surface area contributed by atoms with Crippen molar-refractivity contribution in [1.29, 1.82) is 0 Å². The van der Waals surface area contributed by atoms with Gasteiger partial charge in [0.25, 0.3) is 0 Å². The lowest BCUT2D eigenvalue weighted by atomic mass is 10.1. The summed E-state index contributed by atoms with van der Waals surface area (Å²) in [5.74, 6) is 0.834. The fraction of sp³-hybridized carbons (Fsp3) is 0.312. The minimum Gasteiger partial charge on any atom is -0.327 e. The van der Waals surface area contributed by atoms with Gasteiger partial charge in [-0.1, -0.05) is 36.7 Å². The zero-order chi connectivity index (χ0) is 14.4. The van der Waals surface area contributed by atoms with E-state index in [1.807, 2.05) is 30.5 Å². The van der Waals surface area contributed by atoms with Crippen molar-refractivity contribution in [1.82, 2.24) is 4.98 Å². The SMILES string of the molecule is CCc1ccc(CC(N)CSc2ccccc2Cl)nc1. The Morgan fingerprint density at radius 3 is 2.70 bits per heavy atom. The molecule has 0 amide bonds. The van der Waals surface area contributed by atoms with E-state index in [-0.39, 0.29) is 6.04 Å². The van der Waals surface area contributed by atoms with Crippen LogP contribution in [0.25, 0.3) is 0 Å². The number of nitrogens with two attached hydrogens (primary N) is 1. The lowest BCUT2D eigenvalue weighted by Crippen LogP contribution is -2.26. The van der Waals surface area contributed by atoms with Gasteiger partial charge in [-0.15, -0.1) is 11.8 Å². The van der Waals surface area contributed by atoms with Gasteiger partial charge in [-0.05, 0) is 30.2 Å². The molecule has 0 bridgehead atoms. The standard InChI is InChI=1S/C16H19ClN2S/c1-2-12-7-8-14(19-10-12)9-13(18)11-20-16-6-4-3-5-15(16)17/h3-8,10,13H,2,9,11,18H2,1H3. The van der Waals surface area contributed by atoms with Gasteiger partial charge in [0, 0.05) is 35.0 Å². The minimum atomic E-state index is 0.0799. The van der Waals surface area contributed by atoms with Gasteiger partial charge in [0.05, 0.1) is 5.02 Å². The number of hydrogen-bond donors (Lipinski definition) is 1. The molecule has 0 fully saturated rings. The molecule has 0 aliphatic heterocycles. The van der Waals surface area contributed by atoms with E-state index in [1.54, 1.807) is 11.8 Å². The molecule has 1 heterocycles. The van der Waals surface area contributed by atoms with Crippen molar-refractivity contribution >= 4 is 23.4 Å². The number of hydrogen-bond acceptors (Lipinski definition) is 3. The van der Waals surface area contributed by atoms with E-state index in [9.17, 15) is 0 Å². The van der Waals surface area contributed by atoms with Crippen LogP contribution in [0.1, 0.15) is 18.2 Å². The number of thioether (sulfide) groups is 1. The Morgan fingerprint density at radius 1 is 1.25 bits per heavy atom. The smallest absolute Gasteiger partial charge is 0.0541 e. The summed E-state index contributed by atoms with van der Waals surface area (Å²) in [7, 11) is 0. The molecular weight excluding hydrogens is 288 g/mol. The molecule has 106 valence electrons. The summed E-state index contributed by atoms with van der Waals surface area (Å²) in [4.78, 5) is 5.53. The van der Waals surface area contributed by atoms with Gasteiger partial charge in [-0.3, -0.25) is 4.98 Å². The van der Waals surface area contributed by atoms with Crippen LogP contribution in [0.15, 0.2) is 47.5 Å². The molecule has 2 nitrogen and oxygen atoms in total.